The molecule has 16 nitrogen and oxygen atoms in total. The van der Waals surface area contributed by atoms with Crippen LogP contribution in [0.4, 0.5) is 4.79 Å². The highest BCUT2D eigenvalue weighted by Gasteiger charge is 2.48. The van der Waals surface area contributed by atoms with E-state index in [4.69, 9.17) is 4.74 Å². The number of amides is 2. The van der Waals surface area contributed by atoms with Crippen LogP contribution in [0, 0.1) is 0 Å². The van der Waals surface area contributed by atoms with Crippen LogP contribution in [0.2, 0.25) is 0 Å². The number of carbonyl (C=O) groups excluding carboxylic acids is 1. The second-order valence-electron chi connectivity index (χ2n) is 5.55. The number of rotatable bonds is 8. The van der Waals surface area contributed by atoms with E-state index in [2.05, 4.69) is 25.0 Å². The van der Waals surface area contributed by atoms with Gasteiger partial charge in [-0.1, -0.05) is 6.58 Å². The molecule has 0 aliphatic carbocycles. The minimum absolute atomic E-state index is 0.238. The Morgan fingerprint density at radius 3 is 2.38 bits per heavy atom. The van der Waals surface area contributed by atoms with Crippen LogP contribution in [0.25, 0.3) is 0 Å². The fraction of sp³-hybridized carbons (Fsp3) is 0.500. The standard InChI is InChI=1S/C10H17N2O14P3/c1-5-2-3-12(10(15)11-5)9-8(14)7(13)6(24-9)4-23-28(19,20)26-29(21,22)25-27(16,17)18/h2-3,6-9,13-14H,1,4H2,(H,11,15)(H,19,20)(H,21,22)(H2,16,17,18)/p-3/t6-,7?,8+,9-/m1/s1. The molecule has 0 aromatic rings. The topological polar surface area (TPSA) is 250 Å². The Bertz CT molecular complexity index is 839. The monoisotopic (exact) mass is 479 g/mol. The van der Waals surface area contributed by atoms with Crippen molar-refractivity contribution in [2.75, 3.05) is 6.61 Å². The maximum Gasteiger partial charge on any atom is 0.478 e. The Hall–Kier alpha value is -0.960. The van der Waals surface area contributed by atoms with Gasteiger partial charge < -0.3 is 44.4 Å². The second-order valence-corrected chi connectivity index (χ2v) is 9.84. The van der Waals surface area contributed by atoms with Crippen LogP contribution in [0.15, 0.2) is 24.6 Å². The molecule has 0 bridgehead atoms. The van der Waals surface area contributed by atoms with Crippen molar-refractivity contribution in [2.24, 2.45) is 0 Å². The highest BCUT2D eigenvalue weighted by molar-refractivity contribution is 7.65. The number of carbonyl (C=O) groups is 1. The van der Waals surface area contributed by atoms with Crippen molar-refractivity contribution < 1.29 is 66.2 Å². The fourth-order valence-corrected chi connectivity index (χ4v) is 5.14. The van der Waals surface area contributed by atoms with E-state index in [0.29, 0.717) is 0 Å². The number of hydrogen-bond acceptors (Lipinski definition) is 13. The summed E-state index contributed by atoms with van der Waals surface area (Å²) in [6, 6.07) is -0.768. The summed E-state index contributed by atoms with van der Waals surface area (Å²) in [6.45, 7) is 2.42. The maximum absolute atomic E-state index is 11.9. The van der Waals surface area contributed by atoms with E-state index in [0.717, 1.165) is 4.90 Å². The van der Waals surface area contributed by atoms with Gasteiger partial charge in [0.05, 0.1) is 14.4 Å². The molecule has 2 amide bonds. The highest BCUT2D eigenvalue weighted by Crippen LogP contribution is 2.62. The summed E-state index contributed by atoms with van der Waals surface area (Å²) in [5, 5.41) is 22.3. The van der Waals surface area contributed by atoms with Crippen LogP contribution in [0.1, 0.15) is 0 Å². The molecular weight excluding hydrogens is 465 g/mol. The lowest BCUT2D eigenvalue weighted by Gasteiger charge is -2.35. The van der Waals surface area contributed by atoms with Gasteiger partial charge in [-0.25, -0.2) is 13.7 Å². The van der Waals surface area contributed by atoms with Gasteiger partial charge in [-0.3, -0.25) is 18.3 Å². The summed E-state index contributed by atoms with van der Waals surface area (Å²) in [5.41, 5.74) is 0.238. The Balaban J connectivity index is 2.00. The number of aliphatic hydroxyl groups is 2. The average molecular weight is 479 g/mol. The zero-order valence-corrected chi connectivity index (χ0v) is 16.7. The lowest BCUT2D eigenvalue weighted by molar-refractivity contribution is -0.339. The summed E-state index contributed by atoms with van der Waals surface area (Å²) in [6.07, 6.45) is -3.94. The van der Waals surface area contributed by atoms with Gasteiger partial charge in [-0.2, -0.15) is 0 Å². The van der Waals surface area contributed by atoms with Crippen molar-refractivity contribution in [3.8, 4) is 0 Å². The zero-order chi connectivity index (χ0) is 22.2. The molecule has 4 N–H and O–H groups in total. The van der Waals surface area contributed by atoms with Gasteiger partial charge in [0, 0.05) is 11.9 Å². The van der Waals surface area contributed by atoms with Crippen molar-refractivity contribution in [1.82, 2.24) is 10.2 Å². The predicted octanol–water partition coefficient (Wildman–Crippen LogP) is -3.07. The number of phosphoric ester groups is 1. The number of ether oxygens (including phenoxy) is 1. The summed E-state index contributed by atoms with van der Waals surface area (Å²) < 4.78 is 48.9. The molecule has 0 radical (unpaired) electrons. The molecule has 0 aromatic heterocycles. The number of aliphatic hydroxyl groups excluding tert-OH is 2. The molecule has 2 aliphatic rings. The molecule has 29 heavy (non-hydrogen) atoms. The lowest BCUT2D eigenvalue weighted by atomic mass is 10.1. The third-order valence-corrected chi connectivity index (χ3v) is 7.06. The molecule has 2 heterocycles. The van der Waals surface area contributed by atoms with Gasteiger partial charge in [0.15, 0.2) is 6.23 Å². The molecule has 2 rings (SSSR count). The number of allylic oxidation sites excluding steroid dienone is 1. The molecule has 2 aliphatic heterocycles. The molecule has 1 saturated heterocycles. The maximum atomic E-state index is 11.9. The van der Waals surface area contributed by atoms with Crippen molar-refractivity contribution in [1.29, 1.82) is 0 Å². The number of nitrogens with one attached hydrogen (secondary N) is 1. The normalized spacial score (nSPS) is 32.0. The molecule has 1 fully saturated rings. The van der Waals surface area contributed by atoms with Gasteiger partial charge in [0.1, 0.15) is 18.3 Å². The van der Waals surface area contributed by atoms with E-state index in [9.17, 15) is 48.3 Å². The SMILES string of the molecule is C=C1C=CN([C@@H]2O[C@H](COP(=O)(O)OP(=O)([O-])OP(=O)([O-])[O-])C(O)[C@@H]2O)C(=O)N1. The van der Waals surface area contributed by atoms with Crippen molar-refractivity contribution >= 4 is 29.5 Å². The molecule has 19 heteroatoms. The number of urea groups is 1. The first-order valence-corrected chi connectivity index (χ1v) is 11.7. The first-order valence-electron chi connectivity index (χ1n) is 7.31. The summed E-state index contributed by atoms with van der Waals surface area (Å²) in [4.78, 5) is 53.7. The third-order valence-electron chi connectivity index (χ3n) is 3.35. The van der Waals surface area contributed by atoms with Crippen molar-refractivity contribution in [2.45, 2.75) is 24.5 Å². The quantitative estimate of drug-likeness (QED) is 0.252. The minimum atomic E-state index is -6.11. The van der Waals surface area contributed by atoms with Crippen molar-refractivity contribution in [3.05, 3.63) is 24.6 Å². The van der Waals surface area contributed by atoms with Gasteiger partial charge in [-0.05, 0) is 6.08 Å². The summed E-state index contributed by atoms with van der Waals surface area (Å²) >= 11 is 0. The Kier molecular flexibility index (Phi) is 7.25. The largest absolute Gasteiger partial charge is 0.790 e. The van der Waals surface area contributed by atoms with E-state index in [1.165, 1.54) is 12.3 Å². The molecule has 6 atom stereocenters. The van der Waals surface area contributed by atoms with Gasteiger partial charge >= 0.3 is 13.9 Å². The van der Waals surface area contributed by atoms with Crippen LogP contribution in [-0.2, 0) is 31.6 Å². The van der Waals surface area contributed by atoms with Crippen LogP contribution < -0.4 is 20.0 Å². The Morgan fingerprint density at radius 1 is 1.21 bits per heavy atom. The smallest absolute Gasteiger partial charge is 0.478 e. The second kappa shape index (κ2) is 8.65. The number of hydrogen-bond donors (Lipinski definition) is 4. The molecule has 0 spiro atoms. The van der Waals surface area contributed by atoms with E-state index < -0.39 is 60.6 Å². The van der Waals surface area contributed by atoms with Gasteiger partial charge in [0.25, 0.3) is 7.82 Å². The summed E-state index contributed by atoms with van der Waals surface area (Å²) in [5.74, 6) is 0. The van der Waals surface area contributed by atoms with Crippen LogP contribution >= 0.6 is 23.5 Å². The number of nitrogens with zero attached hydrogens (tertiary/aromatic N) is 1. The zero-order valence-electron chi connectivity index (χ0n) is 14.0. The molecular formula is C10H14N2O14P3-3. The van der Waals surface area contributed by atoms with Gasteiger partial charge in [0.2, 0.25) is 0 Å². The average Bonchev–Trinajstić information content (AvgIpc) is 2.78. The van der Waals surface area contributed by atoms with E-state index in [1.807, 2.05) is 0 Å². The lowest BCUT2D eigenvalue weighted by Crippen LogP contribution is -2.49. The minimum Gasteiger partial charge on any atom is -0.790 e. The van der Waals surface area contributed by atoms with E-state index in [-0.39, 0.29) is 5.70 Å². The highest BCUT2D eigenvalue weighted by atomic mass is 31.3. The van der Waals surface area contributed by atoms with Crippen molar-refractivity contribution in [3.63, 3.8) is 0 Å². The third kappa shape index (κ3) is 6.77. The van der Waals surface area contributed by atoms with E-state index >= 15 is 0 Å². The van der Waals surface area contributed by atoms with Gasteiger partial charge in [-0.15, -0.1) is 0 Å². The molecule has 0 aromatic carbocycles. The molecule has 3 unspecified atom stereocenters. The number of phosphoric acid groups is 3. The first-order chi connectivity index (χ1) is 13.1. The first kappa shape index (κ1) is 24.3. The predicted molar refractivity (Wildman–Crippen MR) is 82.5 cm³/mol. The Morgan fingerprint density at radius 2 is 1.83 bits per heavy atom. The van der Waals surface area contributed by atoms with Crippen LogP contribution in [0.3, 0.4) is 0 Å². The molecule has 166 valence electrons. The van der Waals surface area contributed by atoms with Crippen LogP contribution in [-0.4, -0.2) is 57.2 Å². The summed E-state index contributed by atoms with van der Waals surface area (Å²) in [7, 11) is -17.7. The fourth-order valence-electron chi connectivity index (χ4n) is 2.23. The Labute approximate surface area is 162 Å². The van der Waals surface area contributed by atoms with Crippen LogP contribution in [0.5, 0.6) is 0 Å². The van der Waals surface area contributed by atoms with E-state index in [1.54, 1.807) is 0 Å². The molecule has 0 saturated carbocycles.